The van der Waals surface area contributed by atoms with Crippen molar-refractivity contribution >= 4 is 23.2 Å². The molecule has 0 amide bonds. The molecule has 0 N–H and O–H groups in total. The predicted octanol–water partition coefficient (Wildman–Crippen LogP) is 0.170. The van der Waals surface area contributed by atoms with Crippen LogP contribution in [-0.2, 0) is 19.2 Å². The van der Waals surface area contributed by atoms with Crippen molar-refractivity contribution in [3.05, 3.63) is 24.3 Å². The number of carbonyl (C=O) groups is 3. The molecule has 1 aliphatic carbocycles. The van der Waals surface area contributed by atoms with E-state index in [1.54, 1.807) is 0 Å². The first-order chi connectivity index (χ1) is 6.59. The van der Waals surface area contributed by atoms with Gasteiger partial charge in [0.1, 0.15) is 5.71 Å². The Balaban J connectivity index is 2.83. The fourth-order valence-corrected chi connectivity index (χ4v) is 0.720. The maximum atomic E-state index is 10.8. The van der Waals surface area contributed by atoms with E-state index in [-0.39, 0.29) is 5.71 Å². The lowest BCUT2D eigenvalue weighted by molar-refractivity contribution is -0.140. The molecular weight excluding hydrogens is 186 g/mol. The van der Waals surface area contributed by atoms with Crippen LogP contribution in [0.15, 0.2) is 29.5 Å². The molecule has 1 aliphatic rings. The molecule has 0 aromatic carbocycles. The van der Waals surface area contributed by atoms with Gasteiger partial charge in [-0.1, -0.05) is 5.16 Å². The third-order valence-electron chi connectivity index (χ3n) is 1.33. The highest BCUT2D eigenvalue weighted by Crippen LogP contribution is 1.96. The molecule has 0 aliphatic heterocycles. The second-order valence-electron chi connectivity index (χ2n) is 2.49. The summed E-state index contributed by atoms with van der Waals surface area (Å²) in [6.45, 7) is 1.20. The molecule has 1 rings (SSSR count). The molecular formula is C9H7NO4. The Morgan fingerprint density at radius 2 is 1.64 bits per heavy atom. The third-order valence-corrected chi connectivity index (χ3v) is 1.33. The van der Waals surface area contributed by atoms with Gasteiger partial charge in [0.2, 0.25) is 11.6 Å². The van der Waals surface area contributed by atoms with Crippen LogP contribution >= 0.6 is 0 Å². The molecule has 0 saturated carbocycles. The monoisotopic (exact) mass is 193 g/mol. The van der Waals surface area contributed by atoms with Crippen molar-refractivity contribution in [2.24, 2.45) is 5.16 Å². The molecule has 0 saturated heterocycles. The highest BCUT2D eigenvalue weighted by molar-refractivity contribution is 6.47. The average molecular weight is 193 g/mol. The minimum atomic E-state index is -0.630. The maximum Gasteiger partial charge on any atom is 0.331 e. The Morgan fingerprint density at radius 3 is 2.07 bits per heavy atom. The number of nitrogens with zero attached hydrogens (tertiary/aromatic N) is 1. The van der Waals surface area contributed by atoms with E-state index in [1.165, 1.54) is 19.1 Å². The summed E-state index contributed by atoms with van der Waals surface area (Å²) in [4.78, 5) is 36.4. The number of allylic oxidation sites excluding steroid dienone is 4. The lowest BCUT2D eigenvalue weighted by Gasteiger charge is -1.90. The average Bonchev–Trinajstić information content (AvgIpc) is 2.28. The van der Waals surface area contributed by atoms with Crippen molar-refractivity contribution in [1.29, 1.82) is 0 Å². The van der Waals surface area contributed by atoms with E-state index in [1.807, 2.05) is 0 Å². The van der Waals surface area contributed by atoms with Crippen LogP contribution in [0.4, 0.5) is 0 Å². The number of ketones is 2. The Morgan fingerprint density at radius 1 is 1.14 bits per heavy atom. The predicted molar refractivity (Wildman–Crippen MR) is 47.5 cm³/mol. The largest absolute Gasteiger partial charge is 0.331 e. The van der Waals surface area contributed by atoms with Crippen molar-refractivity contribution in [1.82, 2.24) is 0 Å². The molecule has 0 aromatic rings. The van der Waals surface area contributed by atoms with Crippen molar-refractivity contribution in [2.75, 3.05) is 0 Å². The fourth-order valence-electron chi connectivity index (χ4n) is 0.720. The van der Waals surface area contributed by atoms with Crippen LogP contribution in [0.2, 0.25) is 0 Å². The fraction of sp³-hybridized carbons (Fsp3) is 0.111. The van der Waals surface area contributed by atoms with Crippen LogP contribution in [-0.4, -0.2) is 23.2 Å². The molecule has 5 heteroatoms. The van der Waals surface area contributed by atoms with Gasteiger partial charge in [-0.15, -0.1) is 0 Å². The van der Waals surface area contributed by atoms with Crippen molar-refractivity contribution in [3.8, 4) is 0 Å². The quantitative estimate of drug-likeness (QED) is 0.338. The van der Waals surface area contributed by atoms with E-state index in [2.05, 4.69) is 9.99 Å². The first-order valence-electron chi connectivity index (χ1n) is 3.79. The normalized spacial score (nSPS) is 15.4. The molecule has 72 valence electrons. The number of oxime groups is 1. The standard InChI is InChI=1S/C9H7NO4/c1-6(11)14-10-7-2-4-8(12)9(13)5-3-7/h2-5H,1H3. The zero-order chi connectivity index (χ0) is 10.6. The van der Waals surface area contributed by atoms with Crippen molar-refractivity contribution in [3.63, 3.8) is 0 Å². The lowest BCUT2D eigenvalue weighted by atomic mass is 10.2. The molecule has 0 bridgehead atoms. The van der Waals surface area contributed by atoms with E-state index in [4.69, 9.17) is 0 Å². The highest BCUT2D eigenvalue weighted by atomic mass is 16.7. The maximum absolute atomic E-state index is 10.8. The first-order valence-corrected chi connectivity index (χ1v) is 3.79. The molecule has 0 fully saturated rings. The third kappa shape index (κ3) is 2.78. The molecule has 0 radical (unpaired) electrons. The molecule has 14 heavy (non-hydrogen) atoms. The van der Waals surface area contributed by atoms with Gasteiger partial charge in [-0.2, -0.15) is 0 Å². The minimum Gasteiger partial charge on any atom is -0.318 e. The molecule has 5 nitrogen and oxygen atoms in total. The van der Waals surface area contributed by atoms with E-state index >= 15 is 0 Å². The van der Waals surface area contributed by atoms with E-state index < -0.39 is 17.5 Å². The topological polar surface area (TPSA) is 72.8 Å². The van der Waals surface area contributed by atoms with Crippen LogP contribution in [0.3, 0.4) is 0 Å². The number of carbonyl (C=O) groups excluding carboxylic acids is 3. The van der Waals surface area contributed by atoms with Gasteiger partial charge in [0.05, 0.1) is 0 Å². The second-order valence-corrected chi connectivity index (χ2v) is 2.49. The summed E-state index contributed by atoms with van der Waals surface area (Å²) in [5.74, 6) is -1.83. The summed E-state index contributed by atoms with van der Waals surface area (Å²) in [5.41, 5.74) is 0.236. The number of hydrogen-bond donors (Lipinski definition) is 0. The van der Waals surface area contributed by atoms with Crippen molar-refractivity contribution in [2.45, 2.75) is 6.92 Å². The smallest absolute Gasteiger partial charge is 0.318 e. The van der Waals surface area contributed by atoms with Crippen LogP contribution in [0, 0.1) is 0 Å². The van der Waals surface area contributed by atoms with Crippen molar-refractivity contribution < 1.29 is 19.2 Å². The zero-order valence-electron chi connectivity index (χ0n) is 7.39. The Labute approximate surface area is 79.7 Å². The van der Waals surface area contributed by atoms with E-state index in [9.17, 15) is 14.4 Å². The van der Waals surface area contributed by atoms with Gasteiger partial charge in [0.25, 0.3) is 0 Å². The molecule has 0 heterocycles. The SMILES string of the molecule is CC(=O)ON=C1C=CC(=O)C(=O)C=C1. The first kappa shape index (κ1) is 10.0. The number of hydrogen-bond acceptors (Lipinski definition) is 5. The Kier molecular flexibility index (Phi) is 3.06. The summed E-state index contributed by atoms with van der Waals surface area (Å²) < 4.78 is 0. The minimum absolute atomic E-state index is 0.236. The summed E-state index contributed by atoms with van der Waals surface area (Å²) >= 11 is 0. The van der Waals surface area contributed by atoms with Crippen LogP contribution in [0.25, 0.3) is 0 Å². The zero-order valence-corrected chi connectivity index (χ0v) is 7.39. The highest BCUT2D eigenvalue weighted by Gasteiger charge is 2.09. The van der Waals surface area contributed by atoms with Gasteiger partial charge in [-0.3, -0.25) is 9.59 Å². The summed E-state index contributed by atoms with van der Waals surface area (Å²) in [6.07, 6.45) is 4.74. The molecule has 0 aromatic heterocycles. The van der Waals surface area contributed by atoms with Crippen LogP contribution in [0.1, 0.15) is 6.92 Å². The van der Waals surface area contributed by atoms with Gasteiger partial charge in [0, 0.05) is 6.92 Å². The Bertz CT molecular complexity index is 350. The van der Waals surface area contributed by atoms with Gasteiger partial charge in [-0.25, -0.2) is 4.79 Å². The molecule has 0 spiro atoms. The van der Waals surface area contributed by atoms with E-state index in [0.717, 1.165) is 12.2 Å². The van der Waals surface area contributed by atoms with Gasteiger partial charge >= 0.3 is 5.97 Å². The summed E-state index contributed by atoms with van der Waals surface area (Å²) in [6, 6.07) is 0. The number of rotatable bonds is 1. The summed E-state index contributed by atoms with van der Waals surface area (Å²) in [7, 11) is 0. The second kappa shape index (κ2) is 4.27. The van der Waals surface area contributed by atoms with E-state index in [0.29, 0.717) is 0 Å². The van der Waals surface area contributed by atoms with Gasteiger partial charge in [0.15, 0.2) is 0 Å². The van der Waals surface area contributed by atoms with Crippen LogP contribution < -0.4 is 0 Å². The lowest BCUT2D eigenvalue weighted by Crippen LogP contribution is -2.05. The Hall–Kier alpha value is -2.04. The molecule has 0 unspecified atom stereocenters. The summed E-state index contributed by atoms with van der Waals surface area (Å²) in [5, 5.41) is 3.40. The molecule has 0 atom stereocenters. The van der Waals surface area contributed by atoms with Gasteiger partial charge < -0.3 is 4.84 Å². The van der Waals surface area contributed by atoms with Gasteiger partial charge in [-0.05, 0) is 24.3 Å². The van der Waals surface area contributed by atoms with Crippen LogP contribution in [0.5, 0.6) is 0 Å².